The minimum Gasteiger partial charge on any atom is -0.294 e. The number of benzene rings is 1. The van der Waals surface area contributed by atoms with Crippen molar-refractivity contribution >= 4 is 11.6 Å². The molecule has 0 unspecified atom stereocenters. The van der Waals surface area contributed by atoms with Gasteiger partial charge in [-0.05, 0) is 25.0 Å². The van der Waals surface area contributed by atoms with Gasteiger partial charge < -0.3 is 0 Å². The Labute approximate surface area is 94.9 Å². The van der Waals surface area contributed by atoms with Crippen molar-refractivity contribution in [3.8, 4) is 0 Å². The molecule has 0 saturated heterocycles. The Bertz CT molecular complexity index is 385. The molecule has 4 N–H and O–H groups in total. The summed E-state index contributed by atoms with van der Waals surface area (Å²) in [6, 6.07) is 9.08. The Morgan fingerprint density at radius 1 is 1.38 bits per heavy atom. The monoisotopic (exact) mass is 221 g/mol. The van der Waals surface area contributed by atoms with Gasteiger partial charge in [-0.2, -0.15) is 0 Å². The molecular weight excluding hydrogens is 204 g/mol. The topological polar surface area (TPSA) is 65.9 Å². The van der Waals surface area contributed by atoms with E-state index in [1.54, 1.807) is 0 Å². The van der Waals surface area contributed by atoms with Crippen LogP contribution < -0.4 is 10.8 Å². The van der Waals surface area contributed by atoms with Gasteiger partial charge in [-0.1, -0.05) is 36.9 Å². The molecule has 16 heavy (non-hydrogen) atoms. The Balaban J connectivity index is 2.84. The number of hydrogen-bond acceptors (Lipinski definition) is 2. The van der Waals surface area contributed by atoms with Crippen molar-refractivity contribution in [3.63, 3.8) is 0 Å². The molecule has 1 aromatic carbocycles. The van der Waals surface area contributed by atoms with Gasteiger partial charge in [0.05, 0.1) is 5.54 Å². The molecule has 0 aliphatic heterocycles. The molecule has 0 saturated carbocycles. The van der Waals surface area contributed by atoms with Crippen LogP contribution in [0.5, 0.6) is 0 Å². The Kier molecular flexibility index (Phi) is 3.82. The van der Waals surface area contributed by atoms with Crippen LogP contribution in [0.15, 0.2) is 36.9 Å². The number of primary amides is 1. The van der Waals surface area contributed by atoms with Crippen LogP contribution in [0.1, 0.15) is 19.4 Å². The third-order valence-electron chi connectivity index (χ3n) is 2.43. The summed E-state index contributed by atoms with van der Waals surface area (Å²) < 4.78 is 0. The normalized spacial score (nSPS) is 10.9. The summed E-state index contributed by atoms with van der Waals surface area (Å²) >= 11 is 0. The first kappa shape index (κ1) is 12.4. The van der Waals surface area contributed by atoms with Crippen LogP contribution in [0.3, 0.4) is 0 Å². The standard InChI is InChI=1S/C12H16N2O2/c1-9(10-7-5-4-6-8-10)12(2,3)13-11(15)14-16/h4-8,16H,1H2,2-3H3,(H2,13,14,15)/p+1. The fourth-order valence-electron chi connectivity index (χ4n) is 1.42. The number of rotatable bonds is 3. The highest BCUT2D eigenvalue weighted by Crippen LogP contribution is 2.24. The molecule has 2 amide bonds. The molecule has 86 valence electrons. The summed E-state index contributed by atoms with van der Waals surface area (Å²) in [5, 5.41) is 11.2. The van der Waals surface area contributed by atoms with Gasteiger partial charge in [-0.3, -0.25) is 5.32 Å². The molecule has 0 atom stereocenters. The highest BCUT2D eigenvalue weighted by Gasteiger charge is 2.26. The average Bonchev–Trinajstić information content (AvgIpc) is 2.28. The largest absolute Gasteiger partial charge is 0.446 e. The second-order valence-electron chi connectivity index (χ2n) is 4.09. The number of carbonyl (C=O) groups is 1. The summed E-state index contributed by atoms with van der Waals surface area (Å²) in [6.07, 6.45) is 0. The van der Waals surface area contributed by atoms with Crippen molar-refractivity contribution in [2.24, 2.45) is 0 Å². The zero-order chi connectivity index (χ0) is 12.2. The highest BCUT2D eigenvalue weighted by molar-refractivity contribution is 5.75. The first-order chi connectivity index (χ1) is 7.47. The zero-order valence-electron chi connectivity index (χ0n) is 9.53. The zero-order valence-corrected chi connectivity index (χ0v) is 9.53. The van der Waals surface area contributed by atoms with Gasteiger partial charge >= 0.3 is 6.03 Å². The number of quaternary nitrogens is 1. The maximum atomic E-state index is 11.1. The van der Waals surface area contributed by atoms with Crippen molar-refractivity contribution < 1.29 is 15.5 Å². The summed E-state index contributed by atoms with van der Waals surface area (Å²) in [5.74, 6) is 0. The van der Waals surface area contributed by atoms with E-state index in [1.807, 2.05) is 44.2 Å². The first-order valence-electron chi connectivity index (χ1n) is 5.02. The second-order valence-corrected chi connectivity index (χ2v) is 4.09. The van der Waals surface area contributed by atoms with Crippen LogP contribution in [0, 0.1) is 0 Å². The molecule has 0 bridgehead atoms. The van der Waals surface area contributed by atoms with Crippen LogP contribution in [0.25, 0.3) is 5.57 Å². The molecule has 0 aliphatic rings. The summed E-state index contributed by atoms with van der Waals surface area (Å²) in [6.45, 7) is 7.65. The van der Waals surface area contributed by atoms with E-state index in [2.05, 4.69) is 11.9 Å². The fourth-order valence-corrected chi connectivity index (χ4v) is 1.42. The Morgan fingerprint density at radius 3 is 2.44 bits per heavy atom. The van der Waals surface area contributed by atoms with Gasteiger partial charge in [0.2, 0.25) is 0 Å². The van der Waals surface area contributed by atoms with Crippen molar-refractivity contribution in [2.45, 2.75) is 19.4 Å². The van der Waals surface area contributed by atoms with Crippen molar-refractivity contribution in [1.82, 2.24) is 5.32 Å². The van der Waals surface area contributed by atoms with E-state index in [4.69, 9.17) is 5.21 Å². The number of amides is 2. The van der Waals surface area contributed by atoms with E-state index in [-0.39, 0.29) is 0 Å². The average molecular weight is 221 g/mol. The van der Waals surface area contributed by atoms with Crippen molar-refractivity contribution in [1.29, 1.82) is 0 Å². The fraction of sp³-hybridized carbons (Fsp3) is 0.250. The van der Waals surface area contributed by atoms with Crippen LogP contribution in [-0.4, -0.2) is 16.8 Å². The molecule has 0 aromatic heterocycles. The summed E-state index contributed by atoms with van der Waals surface area (Å²) in [5.41, 5.74) is 1.67. The van der Waals surface area contributed by atoms with Crippen LogP contribution in [-0.2, 0) is 0 Å². The van der Waals surface area contributed by atoms with Gasteiger partial charge in [0.15, 0.2) is 0 Å². The number of carbonyl (C=O) groups excluding carboxylic acids is 1. The molecule has 0 heterocycles. The van der Waals surface area contributed by atoms with Crippen LogP contribution in [0.2, 0.25) is 0 Å². The van der Waals surface area contributed by atoms with Gasteiger partial charge in [0.1, 0.15) is 0 Å². The van der Waals surface area contributed by atoms with Gasteiger partial charge in [-0.15, -0.1) is 5.48 Å². The molecule has 0 spiro atoms. The lowest BCUT2D eigenvalue weighted by Crippen LogP contribution is -2.88. The van der Waals surface area contributed by atoms with Gasteiger partial charge in [0, 0.05) is 0 Å². The predicted octanol–water partition coefficient (Wildman–Crippen LogP) is 1.14. The minimum atomic E-state index is -0.600. The number of hydrogen-bond donors (Lipinski definition) is 3. The maximum absolute atomic E-state index is 11.1. The summed E-state index contributed by atoms with van der Waals surface area (Å²) in [7, 11) is 0. The van der Waals surface area contributed by atoms with Crippen molar-refractivity contribution in [3.05, 3.63) is 42.5 Å². The lowest BCUT2D eigenvalue weighted by Gasteiger charge is -2.27. The van der Waals surface area contributed by atoms with Gasteiger partial charge in [0.25, 0.3) is 0 Å². The van der Waals surface area contributed by atoms with E-state index in [0.717, 1.165) is 11.1 Å². The van der Waals surface area contributed by atoms with E-state index in [9.17, 15) is 4.79 Å². The number of hydroxylamine groups is 1. The second kappa shape index (κ2) is 4.92. The van der Waals surface area contributed by atoms with E-state index in [0.29, 0.717) is 5.48 Å². The third kappa shape index (κ3) is 2.92. The Hall–Kier alpha value is -1.65. The number of nitrogens with one attached hydrogen (secondary N) is 1. The van der Waals surface area contributed by atoms with E-state index < -0.39 is 11.6 Å². The van der Waals surface area contributed by atoms with Crippen molar-refractivity contribution in [2.75, 3.05) is 0 Å². The smallest absolute Gasteiger partial charge is 0.294 e. The number of urea groups is 1. The van der Waals surface area contributed by atoms with Gasteiger partial charge in [-0.25, -0.2) is 10.0 Å². The molecule has 0 fully saturated rings. The third-order valence-corrected chi connectivity index (χ3v) is 2.43. The lowest BCUT2D eigenvalue weighted by molar-refractivity contribution is -0.811. The van der Waals surface area contributed by atoms with E-state index >= 15 is 0 Å². The Morgan fingerprint density at radius 2 is 1.94 bits per heavy atom. The SMILES string of the molecule is C=C(c1ccccc1)C(C)(C)NC(=O)[NH2+]O. The minimum absolute atomic E-state index is 0.514. The molecule has 0 aliphatic carbocycles. The summed E-state index contributed by atoms with van der Waals surface area (Å²) in [4.78, 5) is 11.1. The molecular formula is C12H17N2O2+. The van der Waals surface area contributed by atoms with Crippen LogP contribution >= 0.6 is 0 Å². The first-order valence-corrected chi connectivity index (χ1v) is 5.02. The molecule has 4 heteroatoms. The molecule has 0 radical (unpaired) electrons. The highest BCUT2D eigenvalue weighted by atomic mass is 16.5. The predicted molar refractivity (Wildman–Crippen MR) is 61.8 cm³/mol. The molecule has 1 aromatic rings. The number of nitrogens with two attached hydrogens (primary N) is 1. The quantitative estimate of drug-likeness (QED) is 0.529. The van der Waals surface area contributed by atoms with Crippen LogP contribution in [0.4, 0.5) is 4.79 Å². The van der Waals surface area contributed by atoms with E-state index in [1.165, 1.54) is 0 Å². The maximum Gasteiger partial charge on any atom is 0.446 e. The lowest BCUT2D eigenvalue weighted by atomic mass is 9.90. The molecule has 1 rings (SSSR count). The molecule has 4 nitrogen and oxygen atoms in total.